The number of aliphatic hydroxyl groups is 3. The molecule has 0 radical (unpaired) electrons. The summed E-state index contributed by atoms with van der Waals surface area (Å²) in [6, 6.07) is -0.180. The minimum atomic E-state index is -3.38. The van der Waals surface area contributed by atoms with E-state index in [0.29, 0.717) is 31.5 Å². The van der Waals surface area contributed by atoms with Gasteiger partial charge in [-0.15, -0.1) is 0 Å². The maximum absolute atomic E-state index is 15.3. The number of nitrogens with one attached hydrogen (secondary N) is 1. The molecular weight excluding hydrogens is 1010 g/mol. The molecule has 1 saturated carbocycles. The fraction of sp³-hybridized carbons (Fsp3) is 0.926. The first-order valence-electron chi connectivity index (χ1n) is 27.6. The van der Waals surface area contributed by atoms with Crippen molar-refractivity contribution >= 4 is 33.5 Å². The van der Waals surface area contributed by atoms with Crippen LogP contribution in [0.2, 0.25) is 0 Å². The summed E-state index contributed by atoms with van der Waals surface area (Å²) in [6.07, 6.45) is -8.69. The van der Waals surface area contributed by atoms with Gasteiger partial charge in [0.2, 0.25) is 10.0 Å². The Hall–Kier alpha value is -2.45. The Bertz CT molecular complexity index is 2040. The lowest BCUT2D eigenvalue weighted by Crippen LogP contribution is -2.56. The third-order valence-corrected chi connectivity index (χ3v) is 17.2. The molecule has 5 fully saturated rings. The summed E-state index contributed by atoms with van der Waals surface area (Å²) >= 11 is 0. The average molecular weight is 1110 g/mol. The highest BCUT2D eigenvalue weighted by Crippen LogP contribution is 2.40. The molecule has 0 amide bonds. The summed E-state index contributed by atoms with van der Waals surface area (Å²) in [6.45, 7) is 25.6. The van der Waals surface area contributed by atoms with Crippen molar-refractivity contribution < 1.29 is 85.6 Å². The Labute approximate surface area is 452 Å². The van der Waals surface area contributed by atoms with E-state index in [9.17, 15) is 33.3 Å². The molecule has 0 aromatic heterocycles. The maximum atomic E-state index is 15.3. The van der Waals surface area contributed by atoms with E-state index in [4.69, 9.17) is 47.5 Å². The van der Waals surface area contributed by atoms with E-state index in [1.165, 1.54) is 21.1 Å². The van der Waals surface area contributed by atoms with Gasteiger partial charge < -0.3 is 62.8 Å². The number of ether oxygens (including phenoxy) is 9. The first-order valence-corrected chi connectivity index (χ1v) is 29.5. The molecule has 1 aliphatic carbocycles. The van der Waals surface area contributed by atoms with Crippen molar-refractivity contribution in [2.45, 2.75) is 239 Å². The number of methoxy groups -OCH3 is 1. The van der Waals surface area contributed by atoms with Gasteiger partial charge in [0.05, 0.1) is 67.0 Å². The van der Waals surface area contributed by atoms with E-state index in [-0.39, 0.29) is 61.9 Å². The minimum absolute atomic E-state index is 0.0393. The Kier molecular flexibility index (Phi) is 23.2. The SMILES string of the molecule is CO/N=C1\C[C@@H](C)O[C@@H](O[C@@H]2[C@@H](C)[C@H](O[C@H]3CC(C)N([C@H]4C[C@H](NS(C)(=O)=O)C4)C[C@H](C)O3)[C@@H](C)C(=O)O[C@H]([C@@H](C)CO[C@@H]3O[C@H](C)[C@@H](O)[C@@H](C)[C@H]3OC)[C@H](C)[C@@H](OC(=O)CC(C)C)[C@@H](C)C(=O)[C@@](C)(O)C[C@@H]2C)[C@@H]1O. The van der Waals surface area contributed by atoms with Gasteiger partial charge in [-0.25, -0.2) is 13.1 Å². The van der Waals surface area contributed by atoms with Crippen LogP contribution in [0.1, 0.15) is 135 Å². The van der Waals surface area contributed by atoms with Crippen molar-refractivity contribution in [2.24, 2.45) is 52.5 Å². The van der Waals surface area contributed by atoms with Crippen LogP contribution >= 0.6 is 0 Å². The number of cyclic esters (lactones) is 1. The quantitative estimate of drug-likeness (QED) is 0.124. The fourth-order valence-corrected chi connectivity index (χ4v) is 13.2. The van der Waals surface area contributed by atoms with Crippen LogP contribution in [0.3, 0.4) is 0 Å². The Morgan fingerprint density at radius 3 is 2.11 bits per heavy atom. The molecule has 76 heavy (non-hydrogen) atoms. The van der Waals surface area contributed by atoms with E-state index < -0.39 is 143 Å². The summed E-state index contributed by atoms with van der Waals surface area (Å²) in [5, 5.41) is 39.0. The molecule has 1 unspecified atom stereocenters. The van der Waals surface area contributed by atoms with Crippen LogP contribution in [0.15, 0.2) is 5.16 Å². The predicted molar refractivity (Wildman–Crippen MR) is 280 cm³/mol. The molecule has 0 aromatic rings. The van der Waals surface area contributed by atoms with Crippen LogP contribution in [0, 0.1) is 47.3 Å². The number of rotatable bonds is 16. The first kappa shape index (κ1) is 64.4. The van der Waals surface area contributed by atoms with E-state index in [1.807, 2.05) is 48.5 Å². The van der Waals surface area contributed by atoms with Gasteiger partial charge in [-0.1, -0.05) is 60.5 Å². The standard InChI is InChI=1S/C54H95N3O18S/c1-26(2)18-41(58)72-47-34(10)46(28(4)25-68-53-49(66-15)32(8)43(59)37(13)71-53)74-51(62)36(12)48(73-42-19-29(5)57(24-31(7)69-42)39-21-38(22-39)56-76(17,64)65)33(9)45(27(3)23-54(14,63)50(61)35(47)11)75-52-44(60)40(55-67-16)20-30(6)70-52/h26-39,42-49,52-53,56,59-60,63H,18-25H2,1-17H3/b55-40+/t27-,28-,29?,30+,31-,32+,33+,34-,35+,36+,37+,38-,39-,42-,43-,44+,45-,46+,47+,48-,49+,52-,53+,54-/m0/s1. The average Bonchev–Trinajstić information content (AvgIpc) is 3.45. The zero-order chi connectivity index (χ0) is 56.9. The molecule has 22 atom stereocenters. The Morgan fingerprint density at radius 1 is 0.842 bits per heavy atom. The third kappa shape index (κ3) is 16.4. The van der Waals surface area contributed by atoms with Gasteiger partial charge in [0.1, 0.15) is 37.1 Å². The normalized spacial score (nSPS) is 43.8. The van der Waals surface area contributed by atoms with Crippen molar-refractivity contribution in [3.05, 3.63) is 0 Å². The van der Waals surface area contributed by atoms with Gasteiger partial charge in [-0.05, 0) is 72.6 Å². The van der Waals surface area contributed by atoms with Crippen LogP contribution in [-0.4, -0.2) is 189 Å². The second kappa shape index (κ2) is 27.3. The molecule has 4 heterocycles. The molecule has 4 N–H and O–H groups in total. The molecule has 5 aliphatic rings. The molecule has 5 rings (SSSR count). The fourth-order valence-electron chi connectivity index (χ4n) is 12.4. The van der Waals surface area contributed by atoms with Gasteiger partial charge in [0.15, 0.2) is 24.7 Å². The summed E-state index contributed by atoms with van der Waals surface area (Å²) in [7, 11) is -0.494. The summed E-state index contributed by atoms with van der Waals surface area (Å²) in [4.78, 5) is 51.4. The smallest absolute Gasteiger partial charge is 0.311 e. The lowest BCUT2D eigenvalue weighted by Gasteiger charge is -2.45. The Balaban J connectivity index is 1.60. The number of carbonyl (C=O) groups is 3. The highest BCUT2D eigenvalue weighted by molar-refractivity contribution is 7.88. The molecule has 0 spiro atoms. The molecule has 22 heteroatoms. The molecular formula is C54H95N3O18S. The number of hydrogen-bond acceptors (Lipinski definition) is 20. The van der Waals surface area contributed by atoms with Gasteiger partial charge in [0.25, 0.3) is 0 Å². The van der Waals surface area contributed by atoms with Crippen LogP contribution in [0.5, 0.6) is 0 Å². The van der Waals surface area contributed by atoms with E-state index >= 15 is 4.79 Å². The molecule has 4 aliphatic heterocycles. The molecule has 0 aromatic carbocycles. The first-order chi connectivity index (χ1) is 35.4. The maximum Gasteiger partial charge on any atom is 0.311 e. The summed E-state index contributed by atoms with van der Waals surface area (Å²) in [5.74, 6) is -7.44. The topological polar surface area (TPSA) is 266 Å². The van der Waals surface area contributed by atoms with Crippen molar-refractivity contribution in [1.82, 2.24) is 9.62 Å². The number of ketones is 1. The second-order valence-electron chi connectivity index (χ2n) is 23.9. The highest BCUT2D eigenvalue weighted by atomic mass is 32.2. The number of oxime groups is 1. The van der Waals surface area contributed by atoms with E-state index in [1.54, 1.807) is 34.6 Å². The van der Waals surface area contributed by atoms with Crippen LogP contribution in [0.4, 0.5) is 0 Å². The summed E-state index contributed by atoms with van der Waals surface area (Å²) in [5.41, 5.74) is -1.75. The Morgan fingerprint density at radius 2 is 1.50 bits per heavy atom. The van der Waals surface area contributed by atoms with Crippen molar-refractivity contribution in [1.29, 1.82) is 0 Å². The molecule has 0 bridgehead atoms. The number of Topliss-reactive ketones (excluding diaryl/α,β-unsaturated/α-hetero) is 1. The van der Waals surface area contributed by atoms with Crippen molar-refractivity contribution in [3.8, 4) is 0 Å². The van der Waals surface area contributed by atoms with Gasteiger partial charge in [-0.2, -0.15) is 0 Å². The van der Waals surface area contributed by atoms with E-state index in [2.05, 4.69) is 21.7 Å². The number of aliphatic hydroxyl groups excluding tert-OH is 2. The number of carbonyl (C=O) groups excluding carboxylic acids is 3. The number of sulfonamides is 1. The zero-order valence-electron chi connectivity index (χ0n) is 48.3. The molecule has 440 valence electrons. The number of nitrogens with zero attached hydrogens (tertiary/aromatic N) is 2. The van der Waals surface area contributed by atoms with Crippen molar-refractivity contribution in [3.63, 3.8) is 0 Å². The van der Waals surface area contributed by atoms with E-state index in [0.717, 1.165) is 6.26 Å². The van der Waals surface area contributed by atoms with Crippen LogP contribution < -0.4 is 4.72 Å². The van der Waals surface area contributed by atoms with Crippen LogP contribution in [0.25, 0.3) is 0 Å². The van der Waals surface area contributed by atoms with Crippen molar-refractivity contribution in [2.75, 3.05) is 33.6 Å². The zero-order valence-corrected chi connectivity index (χ0v) is 49.1. The van der Waals surface area contributed by atoms with Gasteiger partial charge >= 0.3 is 11.9 Å². The lowest BCUT2D eigenvalue weighted by atomic mass is 9.74. The second-order valence-corrected chi connectivity index (χ2v) is 25.7. The molecule has 21 nitrogen and oxygen atoms in total. The molecule has 4 saturated heterocycles. The van der Waals surface area contributed by atoms with Gasteiger partial charge in [0, 0.05) is 74.7 Å². The van der Waals surface area contributed by atoms with Gasteiger partial charge in [-0.3, -0.25) is 19.3 Å². The lowest BCUT2D eigenvalue weighted by molar-refractivity contribution is -0.288. The third-order valence-electron chi connectivity index (χ3n) is 16.4. The van der Waals surface area contributed by atoms with Crippen LogP contribution in [-0.2, 0) is 71.9 Å². The summed E-state index contributed by atoms with van der Waals surface area (Å²) < 4.78 is 84.9. The highest BCUT2D eigenvalue weighted by Gasteiger charge is 2.51. The monoisotopic (exact) mass is 1110 g/mol. The number of esters is 2. The largest absolute Gasteiger partial charge is 0.461 e. The minimum Gasteiger partial charge on any atom is -0.461 e. The number of hydrogen-bond donors (Lipinski definition) is 4. The predicted octanol–water partition coefficient (Wildman–Crippen LogP) is 4.34.